The van der Waals surface area contributed by atoms with Crippen molar-refractivity contribution in [1.29, 1.82) is 0 Å². The monoisotopic (exact) mass is 138 g/mol. The summed E-state index contributed by atoms with van der Waals surface area (Å²) in [5.41, 5.74) is 1.42. The summed E-state index contributed by atoms with van der Waals surface area (Å²) in [7, 11) is 0. The van der Waals surface area contributed by atoms with Crippen LogP contribution in [0.25, 0.3) is 0 Å². The van der Waals surface area contributed by atoms with Crippen LogP contribution in [-0.2, 0) is 4.74 Å². The highest BCUT2D eigenvalue weighted by Crippen LogP contribution is 2.11. The Morgan fingerprint density at radius 1 is 1.60 bits per heavy atom. The second-order valence-corrected chi connectivity index (χ2v) is 2.52. The number of allylic oxidation sites excluding steroid dienone is 2. The molecule has 0 radical (unpaired) electrons. The second kappa shape index (κ2) is 4.15. The maximum Gasteiger partial charge on any atom is 0.106 e. The fourth-order valence-electron chi connectivity index (χ4n) is 0.981. The van der Waals surface area contributed by atoms with E-state index >= 15 is 0 Å². The molecule has 1 aliphatic heterocycles. The van der Waals surface area contributed by atoms with Gasteiger partial charge in [0, 0.05) is 0 Å². The van der Waals surface area contributed by atoms with Gasteiger partial charge in [0.15, 0.2) is 0 Å². The van der Waals surface area contributed by atoms with Gasteiger partial charge in [0.25, 0.3) is 0 Å². The topological polar surface area (TPSA) is 9.23 Å². The number of hydrogen-bond donors (Lipinski definition) is 0. The van der Waals surface area contributed by atoms with E-state index in [-0.39, 0.29) is 0 Å². The van der Waals surface area contributed by atoms with Crippen LogP contribution >= 0.6 is 0 Å². The second-order valence-electron chi connectivity index (χ2n) is 2.52. The molecular weight excluding hydrogens is 124 g/mol. The Balaban J connectivity index is 2.26. The van der Waals surface area contributed by atoms with Gasteiger partial charge in [-0.1, -0.05) is 13.3 Å². The molecule has 1 nitrogen and oxygen atoms in total. The van der Waals surface area contributed by atoms with Crippen molar-refractivity contribution in [3.8, 4) is 0 Å². The number of rotatable bonds is 3. The van der Waals surface area contributed by atoms with Gasteiger partial charge < -0.3 is 4.74 Å². The minimum atomic E-state index is 0.759. The lowest BCUT2D eigenvalue weighted by Crippen LogP contribution is -1.91. The van der Waals surface area contributed by atoms with Crippen molar-refractivity contribution in [2.45, 2.75) is 26.2 Å². The molecule has 0 bridgehead atoms. The Bertz CT molecular complexity index is 145. The van der Waals surface area contributed by atoms with Crippen LogP contribution in [0.2, 0.25) is 0 Å². The van der Waals surface area contributed by atoms with Crippen LogP contribution in [0, 0.1) is 0 Å². The van der Waals surface area contributed by atoms with Crippen LogP contribution in [0.3, 0.4) is 0 Å². The number of ether oxygens (including phenoxy) is 1. The third-order valence-corrected chi connectivity index (χ3v) is 1.64. The third-order valence-electron chi connectivity index (χ3n) is 1.64. The molecule has 56 valence electrons. The van der Waals surface area contributed by atoms with Crippen molar-refractivity contribution in [1.82, 2.24) is 0 Å². The first-order chi connectivity index (χ1) is 4.93. The predicted molar refractivity (Wildman–Crippen MR) is 42.7 cm³/mol. The zero-order chi connectivity index (χ0) is 7.23. The van der Waals surface area contributed by atoms with Crippen molar-refractivity contribution in [3.63, 3.8) is 0 Å². The maximum absolute atomic E-state index is 5.02. The number of unbranched alkanes of at least 4 members (excludes halogenated alkanes) is 1. The molecule has 0 fully saturated rings. The maximum atomic E-state index is 5.02. The summed E-state index contributed by atoms with van der Waals surface area (Å²) >= 11 is 0. The largest absolute Gasteiger partial charge is 0.497 e. The van der Waals surface area contributed by atoms with Gasteiger partial charge in [0.2, 0.25) is 0 Å². The molecule has 0 aliphatic carbocycles. The SMILES string of the molecule is CCCCC1=CCOC=C1. The van der Waals surface area contributed by atoms with Gasteiger partial charge >= 0.3 is 0 Å². The molecule has 1 rings (SSSR count). The molecule has 0 aromatic rings. The lowest BCUT2D eigenvalue weighted by atomic mass is 10.1. The highest BCUT2D eigenvalue weighted by molar-refractivity contribution is 5.19. The highest BCUT2D eigenvalue weighted by atomic mass is 16.5. The lowest BCUT2D eigenvalue weighted by Gasteiger charge is -2.06. The third kappa shape index (κ3) is 2.26. The Morgan fingerprint density at radius 3 is 3.10 bits per heavy atom. The molecule has 0 N–H and O–H groups in total. The van der Waals surface area contributed by atoms with Crippen molar-refractivity contribution in [2.75, 3.05) is 6.61 Å². The fraction of sp³-hybridized carbons (Fsp3) is 0.556. The van der Waals surface area contributed by atoms with Gasteiger partial charge in [-0.2, -0.15) is 0 Å². The first-order valence-electron chi connectivity index (χ1n) is 3.90. The molecule has 1 heterocycles. The van der Waals surface area contributed by atoms with Crippen LogP contribution in [0.5, 0.6) is 0 Å². The van der Waals surface area contributed by atoms with E-state index in [0.717, 1.165) is 6.61 Å². The summed E-state index contributed by atoms with van der Waals surface area (Å²) in [6.45, 7) is 2.97. The lowest BCUT2D eigenvalue weighted by molar-refractivity contribution is 0.283. The molecule has 0 atom stereocenters. The molecule has 0 amide bonds. The molecule has 0 spiro atoms. The van der Waals surface area contributed by atoms with Crippen LogP contribution in [-0.4, -0.2) is 6.61 Å². The van der Waals surface area contributed by atoms with E-state index in [1.807, 2.05) is 0 Å². The molecular formula is C9H14O. The Hall–Kier alpha value is -0.720. The van der Waals surface area contributed by atoms with E-state index in [2.05, 4.69) is 19.1 Å². The van der Waals surface area contributed by atoms with Gasteiger partial charge in [0.1, 0.15) is 6.61 Å². The summed E-state index contributed by atoms with van der Waals surface area (Å²) in [4.78, 5) is 0. The molecule has 1 heteroatoms. The minimum absolute atomic E-state index is 0.759. The van der Waals surface area contributed by atoms with Gasteiger partial charge in [-0.15, -0.1) is 0 Å². The normalized spacial score (nSPS) is 16.3. The first kappa shape index (κ1) is 7.39. The van der Waals surface area contributed by atoms with E-state index in [4.69, 9.17) is 4.74 Å². The first-order valence-corrected chi connectivity index (χ1v) is 3.90. The molecule has 0 aromatic carbocycles. The van der Waals surface area contributed by atoms with E-state index < -0.39 is 0 Å². The van der Waals surface area contributed by atoms with Crippen LogP contribution in [0.4, 0.5) is 0 Å². The molecule has 0 saturated carbocycles. The van der Waals surface area contributed by atoms with Crippen molar-refractivity contribution < 1.29 is 4.74 Å². The summed E-state index contributed by atoms with van der Waals surface area (Å²) < 4.78 is 5.02. The molecule has 0 saturated heterocycles. The smallest absolute Gasteiger partial charge is 0.106 e. The van der Waals surface area contributed by atoms with Crippen molar-refractivity contribution in [3.05, 3.63) is 24.0 Å². The van der Waals surface area contributed by atoms with Crippen molar-refractivity contribution in [2.24, 2.45) is 0 Å². The summed E-state index contributed by atoms with van der Waals surface area (Å²) in [5.74, 6) is 0. The van der Waals surface area contributed by atoms with Gasteiger partial charge in [-0.25, -0.2) is 0 Å². The van der Waals surface area contributed by atoms with Crippen molar-refractivity contribution >= 4 is 0 Å². The Morgan fingerprint density at radius 2 is 2.50 bits per heavy atom. The summed E-state index contributed by atoms with van der Waals surface area (Å²) in [5, 5.41) is 0. The molecule has 0 unspecified atom stereocenters. The zero-order valence-corrected chi connectivity index (χ0v) is 6.47. The minimum Gasteiger partial charge on any atom is -0.497 e. The standard InChI is InChI=1S/C9H14O/c1-2-3-4-9-5-7-10-8-6-9/h5-7H,2-4,8H2,1H3. The fourth-order valence-corrected chi connectivity index (χ4v) is 0.981. The molecule has 10 heavy (non-hydrogen) atoms. The van der Waals surface area contributed by atoms with E-state index in [1.54, 1.807) is 6.26 Å². The Labute approximate surface area is 62.4 Å². The van der Waals surface area contributed by atoms with Gasteiger partial charge in [0.05, 0.1) is 6.26 Å². The van der Waals surface area contributed by atoms with Crippen LogP contribution < -0.4 is 0 Å². The average Bonchev–Trinajstić information content (AvgIpc) is 2.03. The van der Waals surface area contributed by atoms with Crippen LogP contribution in [0.15, 0.2) is 24.0 Å². The van der Waals surface area contributed by atoms with E-state index in [0.29, 0.717) is 0 Å². The van der Waals surface area contributed by atoms with E-state index in [9.17, 15) is 0 Å². The quantitative estimate of drug-likeness (QED) is 0.582. The molecule has 1 aliphatic rings. The number of hydrogen-bond acceptors (Lipinski definition) is 1. The predicted octanol–water partition coefficient (Wildman–Crippen LogP) is 2.65. The summed E-state index contributed by atoms with van der Waals surface area (Å²) in [6, 6.07) is 0. The Kier molecular flexibility index (Phi) is 3.07. The summed E-state index contributed by atoms with van der Waals surface area (Å²) in [6.07, 6.45) is 9.75. The van der Waals surface area contributed by atoms with E-state index in [1.165, 1.54) is 24.8 Å². The highest BCUT2D eigenvalue weighted by Gasteiger charge is 1.95. The van der Waals surface area contributed by atoms with Gasteiger partial charge in [-0.05, 0) is 30.6 Å². The average molecular weight is 138 g/mol. The molecule has 0 aromatic heterocycles. The zero-order valence-electron chi connectivity index (χ0n) is 6.47. The van der Waals surface area contributed by atoms with Crippen LogP contribution in [0.1, 0.15) is 26.2 Å². The van der Waals surface area contributed by atoms with Gasteiger partial charge in [-0.3, -0.25) is 0 Å².